The summed E-state index contributed by atoms with van der Waals surface area (Å²) in [5.74, 6) is 0. The average molecular weight is 252 g/mol. The maximum Gasteiger partial charge on any atom is 0.198 e. The zero-order valence-corrected chi connectivity index (χ0v) is 11.4. The van der Waals surface area contributed by atoms with E-state index in [1.54, 1.807) is 0 Å². The van der Waals surface area contributed by atoms with Gasteiger partial charge in [-0.2, -0.15) is 0 Å². The molecule has 0 bridgehead atoms. The molecule has 0 saturated heterocycles. The van der Waals surface area contributed by atoms with Gasteiger partial charge in [-0.1, -0.05) is 26.7 Å². The summed E-state index contributed by atoms with van der Waals surface area (Å²) in [5.41, 5.74) is 0. The SMILES string of the molecule is CCCCOP(COCCO)OCCCC. The van der Waals surface area contributed by atoms with Crippen molar-refractivity contribution in [2.45, 2.75) is 39.5 Å². The van der Waals surface area contributed by atoms with Crippen molar-refractivity contribution in [2.75, 3.05) is 32.8 Å². The summed E-state index contributed by atoms with van der Waals surface area (Å²) in [6.07, 6.45) is 4.81. The van der Waals surface area contributed by atoms with Gasteiger partial charge in [0.15, 0.2) is 8.38 Å². The molecule has 0 heterocycles. The number of hydrogen-bond acceptors (Lipinski definition) is 4. The minimum Gasteiger partial charge on any atom is -0.394 e. The lowest BCUT2D eigenvalue weighted by molar-refractivity contribution is 0.108. The van der Waals surface area contributed by atoms with E-state index in [0.717, 1.165) is 38.9 Å². The van der Waals surface area contributed by atoms with Crippen molar-refractivity contribution in [3.05, 3.63) is 0 Å². The molecule has 0 saturated carbocycles. The van der Waals surface area contributed by atoms with Crippen molar-refractivity contribution in [1.29, 1.82) is 0 Å². The van der Waals surface area contributed by atoms with Crippen LogP contribution < -0.4 is 0 Å². The molecule has 0 aliphatic carbocycles. The first kappa shape index (κ1) is 16.3. The Morgan fingerprint density at radius 3 is 1.94 bits per heavy atom. The second kappa shape index (κ2) is 13.3. The molecule has 16 heavy (non-hydrogen) atoms. The summed E-state index contributed by atoms with van der Waals surface area (Å²) in [4.78, 5) is 0. The highest BCUT2D eigenvalue weighted by Gasteiger charge is 2.10. The minimum atomic E-state index is -0.929. The van der Waals surface area contributed by atoms with Crippen molar-refractivity contribution in [1.82, 2.24) is 0 Å². The smallest absolute Gasteiger partial charge is 0.198 e. The largest absolute Gasteiger partial charge is 0.394 e. The van der Waals surface area contributed by atoms with Crippen LogP contribution in [0.5, 0.6) is 0 Å². The van der Waals surface area contributed by atoms with E-state index in [2.05, 4.69) is 13.8 Å². The Bertz CT molecular complexity index is 111. The number of rotatable bonds is 12. The van der Waals surface area contributed by atoms with Gasteiger partial charge in [0.2, 0.25) is 0 Å². The third kappa shape index (κ3) is 10.8. The highest BCUT2D eigenvalue weighted by molar-refractivity contribution is 7.47. The molecule has 98 valence electrons. The molecule has 0 rings (SSSR count). The first-order chi connectivity index (χ1) is 7.85. The molecule has 4 nitrogen and oxygen atoms in total. The number of aliphatic hydroxyl groups excluding tert-OH is 1. The molecular weight excluding hydrogens is 227 g/mol. The van der Waals surface area contributed by atoms with Crippen LogP contribution in [0.2, 0.25) is 0 Å². The van der Waals surface area contributed by atoms with Crippen LogP contribution in [0.1, 0.15) is 39.5 Å². The predicted molar refractivity (Wildman–Crippen MR) is 66.5 cm³/mol. The standard InChI is InChI=1S/C11H25O4P/c1-3-5-8-14-16(11-13-10-7-12)15-9-6-4-2/h12H,3-11H2,1-2H3. The summed E-state index contributed by atoms with van der Waals surface area (Å²) in [5, 5.41) is 8.61. The van der Waals surface area contributed by atoms with Gasteiger partial charge in [0.25, 0.3) is 0 Å². The quantitative estimate of drug-likeness (QED) is 0.428. The van der Waals surface area contributed by atoms with Gasteiger partial charge in [0.05, 0.1) is 26.4 Å². The number of ether oxygens (including phenoxy) is 1. The maximum atomic E-state index is 8.61. The molecule has 0 unspecified atom stereocenters. The van der Waals surface area contributed by atoms with E-state index in [1.807, 2.05) is 0 Å². The Kier molecular flexibility index (Phi) is 13.6. The first-order valence-electron chi connectivity index (χ1n) is 6.07. The molecule has 1 N–H and O–H groups in total. The van der Waals surface area contributed by atoms with E-state index in [4.69, 9.17) is 18.9 Å². The van der Waals surface area contributed by atoms with Crippen LogP contribution >= 0.6 is 8.38 Å². The molecule has 0 aromatic carbocycles. The van der Waals surface area contributed by atoms with Crippen molar-refractivity contribution in [3.63, 3.8) is 0 Å². The third-order valence-corrected chi connectivity index (χ3v) is 3.23. The molecule has 0 fully saturated rings. The number of hydrogen-bond donors (Lipinski definition) is 1. The number of unbranched alkanes of at least 4 members (excludes halogenated alkanes) is 2. The summed E-state index contributed by atoms with van der Waals surface area (Å²) in [6, 6.07) is 0. The second-order valence-electron chi connectivity index (χ2n) is 3.47. The van der Waals surface area contributed by atoms with E-state index in [-0.39, 0.29) is 6.61 Å². The van der Waals surface area contributed by atoms with Gasteiger partial charge in [-0.15, -0.1) is 0 Å². The molecule has 0 atom stereocenters. The highest BCUT2D eigenvalue weighted by atomic mass is 31.2. The van der Waals surface area contributed by atoms with Crippen LogP contribution in [0, 0.1) is 0 Å². The molecule has 0 aliphatic heterocycles. The van der Waals surface area contributed by atoms with E-state index in [1.165, 1.54) is 0 Å². The Hall–Kier alpha value is 0.270. The molecular formula is C11H25O4P. The van der Waals surface area contributed by atoms with Gasteiger partial charge in [-0.25, -0.2) is 0 Å². The van der Waals surface area contributed by atoms with E-state index in [9.17, 15) is 0 Å². The lowest BCUT2D eigenvalue weighted by atomic mass is 10.4. The van der Waals surface area contributed by atoms with Crippen molar-refractivity contribution >= 4 is 8.38 Å². The van der Waals surface area contributed by atoms with Gasteiger partial charge in [0.1, 0.15) is 6.35 Å². The minimum absolute atomic E-state index is 0.0487. The Labute approximate surface area is 100 Å². The van der Waals surface area contributed by atoms with Crippen LogP contribution in [0.3, 0.4) is 0 Å². The van der Waals surface area contributed by atoms with Crippen LogP contribution in [0.25, 0.3) is 0 Å². The molecule has 0 aliphatic rings. The second-order valence-corrected chi connectivity index (χ2v) is 4.91. The summed E-state index contributed by atoms with van der Waals surface area (Å²) in [7, 11) is -0.929. The van der Waals surface area contributed by atoms with Crippen LogP contribution in [-0.2, 0) is 13.8 Å². The van der Waals surface area contributed by atoms with Gasteiger partial charge >= 0.3 is 0 Å². The fourth-order valence-electron chi connectivity index (χ4n) is 0.937. The van der Waals surface area contributed by atoms with Crippen LogP contribution in [0.4, 0.5) is 0 Å². The molecule has 0 spiro atoms. The van der Waals surface area contributed by atoms with Crippen molar-refractivity contribution in [3.8, 4) is 0 Å². The molecule has 0 radical (unpaired) electrons. The summed E-state index contributed by atoms with van der Waals surface area (Å²) >= 11 is 0. The Balaban J connectivity index is 3.58. The van der Waals surface area contributed by atoms with Crippen molar-refractivity contribution in [2.24, 2.45) is 0 Å². The van der Waals surface area contributed by atoms with E-state index < -0.39 is 8.38 Å². The normalized spacial score (nSPS) is 11.2. The summed E-state index contributed by atoms with van der Waals surface area (Å²) in [6.45, 7) is 6.13. The van der Waals surface area contributed by atoms with Gasteiger partial charge in [-0.3, -0.25) is 0 Å². The molecule has 0 amide bonds. The predicted octanol–water partition coefficient (Wildman–Crippen LogP) is 2.90. The lowest BCUT2D eigenvalue weighted by Gasteiger charge is -2.17. The Morgan fingerprint density at radius 2 is 1.50 bits per heavy atom. The average Bonchev–Trinajstić information content (AvgIpc) is 2.29. The van der Waals surface area contributed by atoms with Crippen LogP contribution in [0.15, 0.2) is 0 Å². The van der Waals surface area contributed by atoms with Gasteiger partial charge in [0, 0.05) is 0 Å². The first-order valence-corrected chi connectivity index (χ1v) is 7.43. The third-order valence-electron chi connectivity index (χ3n) is 1.90. The summed E-state index contributed by atoms with van der Waals surface area (Å²) < 4.78 is 16.5. The Morgan fingerprint density at radius 1 is 0.938 bits per heavy atom. The topological polar surface area (TPSA) is 47.9 Å². The molecule has 5 heteroatoms. The van der Waals surface area contributed by atoms with Crippen molar-refractivity contribution < 1.29 is 18.9 Å². The zero-order valence-electron chi connectivity index (χ0n) is 10.5. The fourth-order valence-corrected chi connectivity index (χ4v) is 2.10. The lowest BCUT2D eigenvalue weighted by Crippen LogP contribution is -2.04. The monoisotopic (exact) mass is 252 g/mol. The number of aliphatic hydroxyl groups is 1. The maximum absolute atomic E-state index is 8.61. The highest BCUT2D eigenvalue weighted by Crippen LogP contribution is 2.38. The van der Waals surface area contributed by atoms with E-state index >= 15 is 0 Å². The van der Waals surface area contributed by atoms with E-state index in [0.29, 0.717) is 13.0 Å². The van der Waals surface area contributed by atoms with Crippen LogP contribution in [-0.4, -0.2) is 37.9 Å². The fraction of sp³-hybridized carbons (Fsp3) is 1.00. The molecule has 0 aromatic rings. The molecule has 0 aromatic heterocycles. The van der Waals surface area contributed by atoms with Gasteiger partial charge < -0.3 is 18.9 Å². The van der Waals surface area contributed by atoms with Gasteiger partial charge in [-0.05, 0) is 12.8 Å². The zero-order chi connectivity index (χ0) is 12.1.